The average Bonchev–Trinajstić information content (AvgIpc) is 3.07. The summed E-state index contributed by atoms with van der Waals surface area (Å²) in [6.45, 7) is 8.22. The summed E-state index contributed by atoms with van der Waals surface area (Å²) in [5.41, 5.74) is 0.861. The zero-order valence-electron chi connectivity index (χ0n) is 13.5. The van der Waals surface area contributed by atoms with Gasteiger partial charge in [0.25, 0.3) is 5.91 Å². The third-order valence-electron chi connectivity index (χ3n) is 3.69. The van der Waals surface area contributed by atoms with Gasteiger partial charge in [-0.15, -0.1) is 0 Å². The topological polar surface area (TPSA) is 80.3 Å². The maximum absolute atomic E-state index is 12.4. The van der Waals surface area contributed by atoms with E-state index in [1.165, 1.54) is 6.26 Å². The fourth-order valence-electron chi connectivity index (χ4n) is 2.47. The molecule has 6 heteroatoms. The van der Waals surface area contributed by atoms with E-state index in [-0.39, 0.29) is 12.5 Å². The first-order valence-corrected chi connectivity index (χ1v) is 7.45. The number of nitrogens with zero attached hydrogens (tertiary/aromatic N) is 2. The van der Waals surface area contributed by atoms with Crippen molar-refractivity contribution in [2.24, 2.45) is 0 Å². The second kappa shape index (κ2) is 6.36. The number of hydrogen-bond donors (Lipinski definition) is 2. The predicted octanol–water partition coefficient (Wildman–Crippen LogP) is 2.14. The molecule has 2 aromatic heterocycles. The van der Waals surface area contributed by atoms with Gasteiger partial charge in [-0.05, 0) is 39.3 Å². The first-order chi connectivity index (χ1) is 10.4. The van der Waals surface area contributed by atoms with E-state index in [0.29, 0.717) is 17.0 Å². The standard InChI is InChI=1S/C16H23N3O3/c1-5-8-19-12(3)14(11(2)18-19)15(20)17-10-16(4,21)13-7-6-9-22-13/h6-7,9,21H,5,8,10H2,1-4H3,(H,17,20). The van der Waals surface area contributed by atoms with Crippen molar-refractivity contribution in [1.29, 1.82) is 0 Å². The number of rotatable bonds is 6. The molecule has 1 unspecified atom stereocenters. The second-order valence-electron chi connectivity index (χ2n) is 5.70. The first kappa shape index (κ1) is 16.3. The number of furan rings is 1. The quantitative estimate of drug-likeness (QED) is 0.857. The molecule has 2 rings (SSSR count). The monoisotopic (exact) mass is 305 g/mol. The Kier molecular flexibility index (Phi) is 4.71. The van der Waals surface area contributed by atoms with Crippen molar-refractivity contribution in [3.63, 3.8) is 0 Å². The molecule has 0 aliphatic carbocycles. The number of hydrogen-bond acceptors (Lipinski definition) is 4. The van der Waals surface area contributed by atoms with E-state index in [2.05, 4.69) is 17.3 Å². The van der Waals surface area contributed by atoms with Crippen molar-refractivity contribution >= 4 is 5.91 Å². The summed E-state index contributed by atoms with van der Waals surface area (Å²) < 4.78 is 7.04. The highest BCUT2D eigenvalue weighted by molar-refractivity contribution is 5.96. The fraction of sp³-hybridized carbons (Fsp3) is 0.500. The lowest BCUT2D eigenvalue weighted by Crippen LogP contribution is -2.38. The number of carbonyl (C=O) groups excluding carboxylic acids is 1. The lowest BCUT2D eigenvalue weighted by Gasteiger charge is -2.21. The van der Waals surface area contributed by atoms with Crippen LogP contribution in [0.5, 0.6) is 0 Å². The van der Waals surface area contributed by atoms with Gasteiger partial charge in [0.2, 0.25) is 0 Å². The normalized spacial score (nSPS) is 13.9. The Bertz CT molecular complexity index is 642. The third-order valence-corrected chi connectivity index (χ3v) is 3.69. The minimum absolute atomic E-state index is 0.0667. The largest absolute Gasteiger partial charge is 0.466 e. The lowest BCUT2D eigenvalue weighted by atomic mass is 10.0. The molecule has 0 radical (unpaired) electrons. The van der Waals surface area contributed by atoms with E-state index in [1.54, 1.807) is 19.1 Å². The number of aryl methyl sites for hydroxylation is 2. The van der Waals surface area contributed by atoms with Gasteiger partial charge in [-0.1, -0.05) is 6.92 Å². The van der Waals surface area contributed by atoms with Gasteiger partial charge in [0.15, 0.2) is 0 Å². The Morgan fingerprint density at radius 2 is 2.23 bits per heavy atom. The van der Waals surface area contributed by atoms with Crippen LogP contribution in [0.25, 0.3) is 0 Å². The van der Waals surface area contributed by atoms with E-state index < -0.39 is 5.60 Å². The van der Waals surface area contributed by atoms with Crippen molar-refractivity contribution in [1.82, 2.24) is 15.1 Å². The van der Waals surface area contributed by atoms with E-state index in [9.17, 15) is 9.90 Å². The molecule has 120 valence electrons. The summed E-state index contributed by atoms with van der Waals surface area (Å²) in [7, 11) is 0. The smallest absolute Gasteiger partial charge is 0.255 e. The third kappa shape index (κ3) is 3.22. The van der Waals surface area contributed by atoms with E-state index in [1.807, 2.05) is 18.5 Å². The molecule has 0 saturated heterocycles. The molecular weight excluding hydrogens is 282 g/mol. The van der Waals surface area contributed by atoms with Crippen LogP contribution < -0.4 is 5.32 Å². The van der Waals surface area contributed by atoms with Crippen molar-refractivity contribution in [3.8, 4) is 0 Å². The zero-order valence-corrected chi connectivity index (χ0v) is 13.5. The number of nitrogens with one attached hydrogen (secondary N) is 1. The molecule has 0 aliphatic heterocycles. The summed E-state index contributed by atoms with van der Waals surface area (Å²) in [5, 5.41) is 17.5. The Hall–Kier alpha value is -2.08. The molecule has 0 aromatic carbocycles. The maximum Gasteiger partial charge on any atom is 0.255 e. The fourth-order valence-corrected chi connectivity index (χ4v) is 2.47. The van der Waals surface area contributed by atoms with Crippen molar-refractivity contribution in [2.45, 2.75) is 46.3 Å². The van der Waals surface area contributed by atoms with Crippen LogP contribution >= 0.6 is 0 Å². The summed E-state index contributed by atoms with van der Waals surface area (Å²) >= 11 is 0. The molecule has 22 heavy (non-hydrogen) atoms. The number of aliphatic hydroxyl groups is 1. The molecule has 1 atom stereocenters. The van der Waals surface area contributed by atoms with Gasteiger partial charge in [-0.2, -0.15) is 5.10 Å². The van der Waals surface area contributed by atoms with Gasteiger partial charge in [-0.25, -0.2) is 0 Å². The highest BCUT2D eigenvalue weighted by Gasteiger charge is 2.28. The minimum Gasteiger partial charge on any atom is -0.466 e. The van der Waals surface area contributed by atoms with E-state index in [4.69, 9.17) is 4.42 Å². The first-order valence-electron chi connectivity index (χ1n) is 7.45. The van der Waals surface area contributed by atoms with Gasteiger partial charge < -0.3 is 14.8 Å². The molecule has 0 fully saturated rings. The Labute approximate surface area is 130 Å². The molecule has 2 heterocycles. The molecule has 1 amide bonds. The highest BCUT2D eigenvalue weighted by Crippen LogP contribution is 2.20. The Morgan fingerprint density at radius 3 is 2.82 bits per heavy atom. The molecule has 2 N–H and O–H groups in total. The van der Waals surface area contributed by atoms with Gasteiger partial charge in [0, 0.05) is 12.2 Å². The van der Waals surface area contributed by atoms with Crippen LogP contribution in [0.15, 0.2) is 22.8 Å². The van der Waals surface area contributed by atoms with Crippen LogP contribution in [-0.2, 0) is 12.1 Å². The van der Waals surface area contributed by atoms with Crippen LogP contribution in [0.1, 0.15) is 47.8 Å². The van der Waals surface area contributed by atoms with Crippen LogP contribution in [0.2, 0.25) is 0 Å². The molecule has 2 aromatic rings. The molecular formula is C16H23N3O3. The number of amides is 1. The average molecular weight is 305 g/mol. The van der Waals surface area contributed by atoms with Gasteiger partial charge in [0.05, 0.1) is 24.1 Å². The Balaban J connectivity index is 2.10. The minimum atomic E-state index is -1.25. The van der Waals surface area contributed by atoms with Gasteiger partial charge >= 0.3 is 0 Å². The summed E-state index contributed by atoms with van der Waals surface area (Å²) in [6, 6.07) is 3.39. The van der Waals surface area contributed by atoms with E-state index in [0.717, 1.165) is 18.7 Å². The van der Waals surface area contributed by atoms with Crippen LogP contribution in [-0.4, -0.2) is 27.3 Å². The lowest BCUT2D eigenvalue weighted by molar-refractivity contribution is 0.0330. The second-order valence-corrected chi connectivity index (χ2v) is 5.70. The predicted molar refractivity (Wildman–Crippen MR) is 82.6 cm³/mol. The summed E-state index contributed by atoms with van der Waals surface area (Å²) in [4.78, 5) is 12.4. The van der Waals surface area contributed by atoms with Crippen LogP contribution in [0, 0.1) is 13.8 Å². The highest BCUT2D eigenvalue weighted by atomic mass is 16.4. The van der Waals surface area contributed by atoms with Crippen molar-refractivity contribution in [3.05, 3.63) is 41.1 Å². The summed E-state index contributed by atoms with van der Waals surface area (Å²) in [5.74, 6) is 0.187. The Morgan fingerprint density at radius 1 is 1.50 bits per heavy atom. The van der Waals surface area contributed by atoms with Crippen molar-refractivity contribution < 1.29 is 14.3 Å². The zero-order chi connectivity index (χ0) is 16.3. The molecule has 0 saturated carbocycles. The van der Waals surface area contributed by atoms with Gasteiger partial charge in [0.1, 0.15) is 11.4 Å². The van der Waals surface area contributed by atoms with Crippen LogP contribution in [0.4, 0.5) is 0 Å². The van der Waals surface area contributed by atoms with Gasteiger partial charge in [-0.3, -0.25) is 9.48 Å². The molecule has 0 bridgehead atoms. The summed E-state index contributed by atoms with van der Waals surface area (Å²) in [6.07, 6.45) is 2.45. The number of carbonyl (C=O) groups is 1. The molecule has 0 aliphatic rings. The van der Waals surface area contributed by atoms with Crippen LogP contribution in [0.3, 0.4) is 0 Å². The number of aromatic nitrogens is 2. The van der Waals surface area contributed by atoms with E-state index >= 15 is 0 Å². The molecule has 0 spiro atoms. The SMILES string of the molecule is CCCn1nc(C)c(C(=O)NCC(C)(O)c2ccco2)c1C. The van der Waals surface area contributed by atoms with Crippen molar-refractivity contribution in [2.75, 3.05) is 6.54 Å². The molecule has 6 nitrogen and oxygen atoms in total. The maximum atomic E-state index is 12.4.